The van der Waals surface area contributed by atoms with Crippen LogP contribution in [-0.2, 0) is 11.2 Å². The Hall–Kier alpha value is -1.24. The Kier molecular flexibility index (Phi) is 4.86. The van der Waals surface area contributed by atoms with Gasteiger partial charge in [-0.15, -0.1) is 22.7 Å². The number of thiophene rings is 1. The summed E-state index contributed by atoms with van der Waals surface area (Å²) < 4.78 is 0. The quantitative estimate of drug-likeness (QED) is 0.766. The topological polar surface area (TPSA) is 62.2 Å². The molecule has 18 heavy (non-hydrogen) atoms. The maximum Gasteiger partial charge on any atom is 0.304 e. The number of thiazole rings is 1. The molecule has 0 bridgehead atoms. The van der Waals surface area contributed by atoms with Crippen molar-refractivity contribution in [1.82, 2.24) is 10.3 Å². The van der Waals surface area contributed by atoms with Crippen molar-refractivity contribution < 1.29 is 9.90 Å². The Labute approximate surface area is 113 Å². The van der Waals surface area contributed by atoms with Gasteiger partial charge in [0.1, 0.15) is 0 Å². The minimum absolute atomic E-state index is 0.165. The summed E-state index contributed by atoms with van der Waals surface area (Å²) in [4.78, 5) is 16.1. The van der Waals surface area contributed by atoms with Crippen molar-refractivity contribution in [3.8, 4) is 10.6 Å². The SMILES string of the molecule is O=C(O)CCNCCc1nc(-c2cccs2)cs1. The summed E-state index contributed by atoms with van der Waals surface area (Å²) in [6, 6.07) is 4.08. The molecule has 2 aromatic heterocycles. The number of hydrogen-bond donors (Lipinski definition) is 2. The lowest BCUT2D eigenvalue weighted by atomic mass is 10.3. The number of carbonyl (C=O) groups is 1. The van der Waals surface area contributed by atoms with Crippen molar-refractivity contribution in [1.29, 1.82) is 0 Å². The van der Waals surface area contributed by atoms with E-state index in [-0.39, 0.29) is 6.42 Å². The van der Waals surface area contributed by atoms with Crippen LogP contribution in [0.2, 0.25) is 0 Å². The van der Waals surface area contributed by atoms with Crippen LogP contribution < -0.4 is 5.32 Å². The van der Waals surface area contributed by atoms with Gasteiger partial charge in [0.15, 0.2) is 0 Å². The van der Waals surface area contributed by atoms with Crippen LogP contribution in [-0.4, -0.2) is 29.1 Å². The summed E-state index contributed by atoms with van der Waals surface area (Å²) >= 11 is 3.34. The smallest absolute Gasteiger partial charge is 0.304 e. The van der Waals surface area contributed by atoms with Gasteiger partial charge < -0.3 is 10.4 Å². The van der Waals surface area contributed by atoms with Crippen LogP contribution in [0.5, 0.6) is 0 Å². The molecule has 0 aliphatic heterocycles. The number of nitrogens with zero attached hydrogens (tertiary/aromatic N) is 1. The van der Waals surface area contributed by atoms with Gasteiger partial charge in [0.2, 0.25) is 0 Å². The fraction of sp³-hybridized carbons (Fsp3) is 0.333. The average molecular weight is 282 g/mol. The molecule has 2 heterocycles. The number of carboxylic acid groups (broad SMARTS) is 1. The zero-order valence-corrected chi connectivity index (χ0v) is 11.4. The number of rotatable bonds is 7. The zero-order valence-electron chi connectivity index (χ0n) is 9.76. The second-order valence-electron chi connectivity index (χ2n) is 3.75. The maximum absolute atomic E-state index is 10.3. The van der Waals surface area contributed by atoms with Crippen LogP contribution >= 0.6 is 22.7 Å². The second kappa shape index (κ2) is 6.63. The Bertz CT molecular complexity index is 494. The molecule has 0 radical (unpaired) electrons. The van der Waals surface area contributed by atoms with Gasteiger partial charge in [0.05, 0.1) is 22.0 Å². The lowest BCUT2D eigenvalue weighted by Crippen LogP contribution is -2.20. The van der Waals surface area contributed by atoms with E-state index in [4.69, 9.17) is 5.11 Å². The Morgan fingerprint density at radius 2 is 2.28 bits per heavy atom. The second-order valence-corrected chi connectivity index (χ2v) is 5.64. The lowest BCUT2D eigenvalue weighted by molar-refractivity contribution is -0.136. The first-order valence-corrected chi connectivity index (χ1v) is 7.42. The van der Waals surface area contributed by atoms with Crippen LogP contribution in [0.15, 0.2) is 22.9 Å². The normalized spacial score (nSPS) is 10.7. The average Bonchev–Trinajstić information content (AvgIpc) is 2.98. The Balaban J connectivity index is 1.76. The third kappa shape index (κ3) is 3.90. The zero-order chi connectivity index (χ0) is 12.8. The molecule has 0 aliphatic carbocycles. The fourth-order valence-corrected chi connectivity index (χ4v) is 3.04. The number of carboxylic acids is 1. The summed E-state index contributed by atoms with van der Waals surface area (Å²) in [6.45, 7) is 1.28. The molecule has 0 unspecified atom stereocenters. The molecule has 0 atom stereocenters. The molecule has 4 nitrogen and oxygen atoms in total. The molecular formula is C12H14N2O2S2. The number of aromatic nitrogens is 1. The highest BCUT2D eigenvalue weighted by Gasteiger charge is 2.05. The van der Waals surface area contributed by atoms with Gasteiger partial charge in [-0.1, -0.05) is 6.07 Å². The summed E-state index contributed by atoms with van der Waals surface area (Å²) in [6.07, 6.45) is 1.01. The molecule has 96 valence electrons. The highest BCUT2D eigenvalue weighted by molar-refractivity contribution is 7.14. The molecule has 0 fully saturated rings. The van der Waals surface area contributed by atoms with E-state index in [1.54, 1.807) is 22.7 Å². The van der Waals surface area contributed by atoms with Crippen LogP contribution in [0.4, 0.5) is 0 Å². The largest absolute Gasteiger partial charge is 0.481 e. The molecule has 0 aromatic carbocycles. The lowest BCUT2D eigenvalue weighted by Gasteiger charge is -1.99. The van der Waals surface area contributed by atoms with Crippen LogP contribution in [0.25, 0.3) is 10.6 Å². The molecule has 0 aliphatic rings. The first kappa shape index (κ1) is 13.2. The number of aliphatic carboxylic acids is 1. The van der Waals surface area contributed by atoms with Gasteiger partial charge in [-0.2, -0.15) is 0 Å². The van der Waals surface area contributed by atoms with E-state index in [0.717, 1.165) is 23.7 Å². The first-order chi connectivity index (χ1) is 8.75. The molecule has 0 saturated heterocycles. The van der Waals surface area contributed by atoms with E-state index in [1.165, 1.54) is 4.88 Å². The van der Waals surface area contributed by atoms with Gasteiger partial charge in [-0.05, 0) is 11.4 Å². The third-order valence-electron chi connectivity index (χ3n) is 2.36. The summed E-state index contributed by atoms with van der Waals surface area (Å²) in [5, 5.41) is 16.8. The predicted octanol–water partition coefficient (Wildman–Crippen LogP) is 2.48. The molecule has 0 spiro atoms. The van der Waals surface area contributed by atoms with Crippen molar-refractivity contribution in [3.63, 3.8) is 0 Å². The predicted molar refractivity (Wildman–Crippen MR) is 74.3 cm³/mol. The summed E-state index contributed by atoms with van der Waals surface area (Å²) in [7, 11) is 0. The van der Waals surface area contributed by atoms with E-state index >= 15 is 0 Å². The van der Waals surface area contributed by atoms with E-state index in [2.05, 4.69) is 21.7 Å². The molecule has 2 aromatic rings. The molecule has 6 heteroatoms. The molecular weight excluding hydrogens is 268 g/mol. The number of hydrogen-bond acceptors (Lipinski definition) is 5. The van der Waals surface area contributed by atoms with Crippen molar-refractivity contribution in [2.45, 2.75) is 12.8 Å². The monoisotopic (exact) mass is 282 g/mol. The van der Waals surface area contributed by atoms with Crippen LogP contribution in [0, 0.1) is 0 Å². The van der Waals surface area contributed by atoms with Gasteiger partial charge in [-0.3, -0.25) is 4.79 Å². The number of nitrogens with one attached hydrogen (secondary N) is 1. The van der Waals surface area contributed by atoms with E-state index in [9.17, 15) is 4.79 Å². The Morgan fingerprint density at radius 1 is 1.39 bits per heavy atom. The minimum Gasteiger partial charge on any atom is -0.481 e. The summed E-state index contributed by atoms with van der Waals surface area (Å²) in [5.74, 6) is -0.767. The van der Waals surface area contributed by atoms with Crippen molar-refractivity contribution in [2.75, 3.05) is 13.1 Å². The highest BCUT2D eigenvalue weighted by Crippen LogP contribution is 2.25. The van der Waals surface area contributed by atoms with Gasteiger partial charge in [0.25, 0.3) is 0 Å². The fourth-order valence-electron chi connectivity index (χ4n) is 1.48. The first-order valence-electron chi connectivity index (χ1n) is 5.66. The van der Waals surface area contributed by atoms with E-state index in [0.29, 0.717) is 6.54 Å². The van der Waals surface area contributed by atoms with Gasteiger partial charge >= 0.3 is 5.97 Å². The maximum atomic E-state index is 10.3. The molecule has 2 rings (SSSR count). The van der Waals surface area contributed by atoms with E-state index < -0.39 is 5.97 Å². The van der Waals surface area contributed by atoms with Gasteiger partial charge in [-0.25, -0.2) is 4.98 Å². The molecule has 0 amide bonds. The standard InChI is InChI=1S/C12H14N2O2S2/c15-12(16)4-6-13-5-3-11-14-9(8-18-11)10-2-1-7-17-10/h1-2,7-8,13H,3-6H2,(H,15,16). The van der Waals surface area contributed by atoms with E-state index in [1.807, 2.05) is 11.4 Å². The Morgan fingerprint density at radius 3 is 3.00 bits per heavy atom. The van der Waals surface area contributed by atoms with Crippen LogP contribution in [0.3, 0.4) is 0 Å². The molecule has 2 N–H and O–H groups in total. The summed E-state index contributed by atoms with van der Waals surface area (Å²) in [5.41, 5.74) is 1.04. The van der Waals surface area contributed by atoms with Crippen molar-refractivity contribution in [2.24, 2.45) is 0 Å². The van der Waals surface area contributed by atoms with Gasteiger partial charge in [0, 0.05) is 24.9 Å². The highest BCUT2D eigenvalue weighted by atomic mass is 32.1. The van der Waals surface area contributed by atoms with Crippen molar-refractivity contribution in [3.05, 3.63) is 27.9 Å². The third-order valence-corrected chi connectivity index (χ3v) is 4.16. The minimum atomic E-state index is -0.767. The van der Waals surface area contributed by atoms with Crippen molar-refractivity contribution >= 4 is 28.6 Å². The molecule has 0 saturated carbocycles. The van der Waals surface area contributed by atoms with Crippen LogP contribution in [0.1, 0.15) is 11.4 Å².